The van der Waals surface area contributed by atoms with Crippen LogP contribution in [0.15, 0.2) is 71.5 Å². The molecule has 3 aromatic carbocycles. The molecule has 0 spiro atoms. The number of aromatic amines is 1. The van der Waals surface area contributed by atoms with Gasteiger partial charge in [-0.1, -0.05) is 62.4 Å². The number of H-pyrrole nitrogens is 1. The molecule has 5 aromatic rings. The van der Waals surface area contributed by atoms with Gasteiger partial charge in [0, 0.05) is 11.1 Å². The van der Waals surface area contributed by atoms with E-state index in [-0.39, 0.29) is 34.9 Å². The summed E-state index contributed by atoms with van der Waals surface area (Å²) in [5.74, 6) is -0.660. The van der Waals surface area contributed by atoms with Crippen LogP contribution in [0.2, 0.25) is 0 Å². The van der Waals surface area contributed by atoms with Crippen LogP contribution in [-0.2, 0) is 0 Å². The minimum absolute atomic E-state index is 0.0568. The number of hydrogen-bond donors (Lipinski definition) is 2. The van der Waals surface area contributed by atoms with Gasteiger partial charge in [-0.15, -0.1) is 0 Å². The molecule has 0 fully saturated rings. The number of carbonyl (C=O) groups is 1. The van der Waals surface area contributed by atoms with Crippen molar-refractivity contribution >= 4 is 22.2 Å². The molecule has 0 aliphatic carbocycles. The topological polar surface area (TPSA) is 79.3 Å². The van der Waals surface area contributed by atoms with Crippen molar-refractivity contribution < 1.29 is 9.18 Å². The number of nitrogens with zero attached hydrogens (tertiary/aromatic N) is 2. The number of benzene rings is 3. The van der Waals surface area contributed by atoms with E-state index >= 15 is 0 Å². The van der Waals surface area contributed by atoms with Gasteiger partial charge < -0.3 is 10.3 Å². The lowest BCUT2D eigenvalue weighted by atomic mass is 9.95. The second kappa shape index (κ2) is 9.07. The Labute approximate surface area is 207 Å². The lowest BCUT2D eigenvalue weighted by Gasteiger charge is -2.22. The average molecular weight is 483 g/mol. The maximum absolute atomic E-state index is 13.4. The third-order valence-electron chi connectivity index (χ3n) is 6.69. The number of rotatable bonds is 5. The van der Waals surface area contributed by atoms with Crippen molar-refractivity contribution in [2.75, 3.05) is 0 Å². The van der Waals surface area contributed by atoms with E-state index in [0.717, 1.165) is 27.6 Å². The minimum Gasteiger partial charge on any atom is -0.344 e. The van der Waals surface area contributed by atoms with Gasteiger partial charge in [-0.25, -0.2) is 8.91 Å². The number of carbonyl (C=O) groups excluding carboxylic acids is 1. The number of halogens is 1. The molecule has 1 unspecified atom stereocenters. The molecule has 0 saturated heterocycles. The smallest absolute Gasteiger partial charge is 0.274 e. The summed E-state index contributed by atoms with van der Waals surface area (Å²) in [5, 5.41) is 9.76. The third-order valence-corrected chi connectivity index (χ3v) is 6.69. The summed E-state index contributed by atoms with van der Waals surface area (Å²) in [4.78, 5) is 29.5. The van der Waals surface area contributed by atoms with Crippen LogP contribution in [0.4, 0.5) is 4.39 Å². The number of fused-ring (bicyclic) bond motifs is 2. The van der Waals surface area contributed by atoms with Gasteiger partial charge in [0.15, 0.2) is 5.69 Å². The monoisotopic (exact) mass is 482 g/mol. The number of aromatic nitrogens is 3. The highest BCUT2D eigenvalue weighted by Gasteiger charge is 2.25. The van der Waals surface area contributed by atoms with Crippen molar-refractivity contribution in [2.45, 2.75) is 33.7 Å². The summed E-state index contributed by atoms with van der Waals surface area (Å²) in [5.41, 5.74) is 3.75. The second-order valence-corrected chi connectivity index (χ2v) is 9.46. The van der Waals surface area contributed by atoms with Crippen molar-refractivity contribution in [3.8, 4) is 11.3 Å². The highest BCUT2D eigenvalue weighted by atomic mass is 19.1. The Balaban J connectivity index is 1.56. The van der Waals surface area contributed by atoms with E-state index < -0.39 is 0 Å². The fourth-order valence-corrected chi connectivity index (χ4v) is 4.73. The molecule has 2 heterocycles. The maximum Gasteiger partial charge on any atom is 0.274 e. The molecule has 0 saturated carbocycles. The fourth-order valence-electron chi connectivity index (χ4n) is 4.73. The SMILES string of the molecule is Cc1c(C(=O)NC(c2ccc(F)cc2)C(C)C)nn2c(C)c(-c3ccc4ccccc4c3)[nH]c(=O)c12. The lowest BCUT2D eigenvalue weighted by molar-refractivity contribution is 0.0919. The second-order valence-electron chi connectivity index (χ2n) is 9.46. The quantitative estimate of drug-likeness (QED) is 0.336. The molecule has 0 bridgehead atoms. The van der Waals surface area contributed by atoms with Gasteiger partial charge in [-0.2, -0.15) is 5.10 Å². The predicted molar refractivity (Wildman–Crippen MR) is 140 cm³/mol. The summed E-state index contributed by atoms with van der Waals surface area (Å²) < 4.78 is 15.0. The first kappa shape index (κ1) is 23.5. The van der Waals surface area contributed by atoms with E-state index in [4.69, 9.17) is 0 Å². The van der Waals surface area contributed by atoms with E-state index in [1.54, 1.807) is 23.6 Å². The van der Waals surface area contributed by atoms with Crippen molar-refractivity contribution in [2.24, 2.45) is 5.92 Å². The summed E-state index contributed by atoms with van der Waals surface area (Å²) in [6.45, 7) is 7.56. The highest BCUT2D eigenvalue weighted by molar-refractivity contribution is 5.96. The zero-order valence-corrected chi connectivity index (χ0v) is 20.6. The van der Waals surface area contributed by atoms with Crippen LogP contribution >= 0.6 is 0 Å². The van der Waals surface area contributed by atoms with Gasteiger partial charge in [-0.3, -0.25) is 9.59 Å². The van der Waals surface area contributed by atoms with Crippen LogP contribution in [0.1, 0.15) is 47.2 Å². The lowest BCUT2D eigenvalue weighted by Crippen LogP contribution is -2.32. The zero-order chi connectivity index (χ0) is 25.6. The molecule has 2 aromatic heterocycles. The first-order chi connectivity index (χ1) is 17.2. The largest absolute Gasteiger partial charge is 0.344 e. The van der Waals surface area contributed by atoms with Crippen LogP contribution in [0.25, 0.3) is 27.5 Å². The first-order valence-corrected chi connectivity index (χ1v) is 11.9. The zero-order valence-electron chi connectivity index (χ0n) is 20.6. The molecule has 1 amide bonds. The van der Waals surface area contributed by atoms with Gasteiger partial charge in [0.05, 0.1) is 17.4 Å². The fraction of sp³-hybridized carbons (Fsp3) is 0.207. The van der Waals surface area contributed by atoms with Crippen LogP contribution < -0.4 is 10.9 Å². The Hall–Kier alpha value is -4.26. The molecule has 7 heteroatoms. The van der Waals surface area contributed by atoms with Crippen LogP contribution in [0.5, 0.6) is 0 Å². The molecule has 1 atom stereocenters. The van der Waals surface area contributed by atoms with Crippen LogP contribution in [0, 0.1) is 25.6 Å². The maximum atomic E-state index is 13.4. The number of nitrogens with one attached hydrogen (secondary N) is 2. The third kappa shape index (κ3) is 4.06. The van der Waals surface area contributed by atoms with Gasteiger partial charge in [-0.05, 0) is 54.3 Å². The van der Waals surface area contributed by atoms with E-state index in [9.17, 15) is 14.0 Å². The van der Waals surface area contributed by atoms with E-state index in [2.05, 4.69) is 15.4 Å². The molecule has 5 rings (SSSR count). The molecular formula is C29H27FN4O2. The van der Waals surface area contributed by atoms with E-state index in [0.29, 0.717) is 16.8 Å². The van der Waals surface area contributed by atoms with Crippen molar-refractivity contribution in [1.82, 2.24) is 19.9 Å². The average Bonchev–Trinajstić information content (AvgIpc) is 3.23. The molecular weight excluding hydrogens is 455 g/mol. The molecule has 2 N–H and O–H groups in total. The first-order valence-electron chi connectivity index (χ1n) is 11.9. The van der Waals surface area contributed by atoms with E-state index in [1.807, 2.05) is 63.2 Å². The highest BCUT2D eigenvalue weighted by Crippen LogP contribution is 2.27. The summed E-state index contributed by atoms with van der Waals surface area (Å²) in [6.07, 6.45) is 0. The normalized spacial score (nSPS) is 12.4. The Morgan fingerprint density at radius 2 is 1.69 bits per heavy atom. The Bertz CT molecular complexity index is 1670. The Morgan fingerprint density at radius 1 is 1.00 bits per heavy atom. The summed E-state index contributed by atoms with van der Waals surface area (Å²) >= 11 is 0. The van der Waals surface area contributed by atoms with Crippen molar-refractivity contribution in [3.05, 3.63) is 105 Å². The van der Waals surface area contributed by atoms with Gasteiger partial charge in [0.1, 0.15) is 11.3 Å². The van der Waals surface area contributed by atoms with Gasteiger partial charge in [0.2, 0.25) is 0 Å². The molecule has 0 aliphatic rings. The number of hydrogen-bond acceptors (Lipinski definition) is 3. The molecule has 0 aliphatic heterocycles. The summed E-state index contributed by atoms with van der Waals surface area (Å²) in [7, 11) is 0. The Morgan fingerprint density at radius 3 is 2.39 bits per heavy atom. The standard InChI is InChI=1S/C29H27FN4O2/c1-16(2)24(20-11-13-23(30)14-12-20)31-28(35)25-17(3)27-29(36)32-26(18(4)34(27)33-25)22-10-9-19-7-5-6-8-21(19)15-22/h5-16,24H,1-4H3,(H,31,35)(H,32,36). The molecule has 0 radical (unpaired) electrons. The van der Waals surface area contributed by atoms with Crippen molar-refractivity contribution in [3.63, 3.8) is 0 Å². The van der Waals surface area contributed by atoms with Crippen LogP contribution in [0.3, 0.4) is 0 Å². The summed E-state index contributed by atoms with van der Waals surface area (Å²) in [6, 6.07) is 19.8. The number of amides is 1. The van der Waals surface area contributed by atoms with Gasteiger partial charge >= 0.3 is 0 Å². The Kier molecular flexibility index (Phi) is 5.92. The number of aryl methyl sites for hydroxylation is 2. The molecule has 182 valence electrons. The van der Waals surface area contributed by atoms with E-state index in [1.165, 1.54) is 12.1 Å². The molecule has 6 nitrogen and oxygen atoms in total. The van der Waals surface area contributed by atoms with Crippen LogP contribution in [-0.4, -0.2) is 20.5 Å². The van der Waals surface area contributed by atoms with Crippen molar-refractivity contribution in [1.29, 1.82) is 0 Å². The molecule has 36 heavy (non-hydrogen) atoms. The predicted octanol–water partition coefficient (Wildman–Crippen LogP) is 5.73. The van der Waals surface area contributed by atoms with Gasteiger partial charge in [0.25, 0.3) is 11.5 Å². The minimum atomic E-state index is -0.384.